The first kappa shape index (κ1) is 16.3. The van der Waals surface area contributed by atoms with Crippen molar-refractivity contribution < 1.29 is 9.90 Å². The van der Waals surface area contributed by atoms with Gasteiger partial charge in [0, 0.05) is 0 Å². The van der Waals surface area contributed by atoms with Crippen LogP contribution in [0.5, 0.6) is 0 Å². The second-order valence-corrected chi connectivity index (χ2v) is 7.13. The van der Waals surface area contributed by atoms with Crippen molar-refractivity contribution >= 4 is 5.97 Å². The number of rotatable bonds is 4. The molecule has 0 spiro atoms. The minimum absolute atomic E-state index is 0.0670. The summed E-state index contributed by atoms with van der Waals surface area (Å²) in [7, 11) is 0. The van der Waals surface area contributed by atoms with Crippen LogP contribution >= 0.6 is 0 Å². The van der Waals surface area contributed by atoms with Gasteiger partial charge in [-0.3, -0.25) is 4.79 Å². The molecule has 0 aliphatic rings. The zero-order valence-corrected chi connectivity index (χ0v) is 13.8. The topological polar surface area (TPSA) is 37.3 Å². The number of benzene rings is 2. The molecule has 22 heavy (non-hydrogen) atoms. The van der Waals surface area contributed by atoms with Crippen molar-refractivity contribution in [3.63, 3.8) is 0 Å². The summed E-state index contributed by atoms with van der Waals surface area (Å²) in [6.07, 6.45) is 0.484. The van der Waals surface area contributed by atoms with E-state index < -0.39 is 11.4 Å². The van der Waals surface area contributed by atoms with Gasteiger partial charge in [0.2, 0.25) is 0 Å². The maximum Gasteiger partial charge on any atom is 0.314 e. The maximum atomic E-state index is 11.9. The van der Waals surface area contributed by atoms with Crippen LogP contribution in [0.1, 0.15) is 44.4 Å². The third kappa shape index (κ3) is 3.38. The number of carboxylic acid groups (broad SMARTS) is 1. The first-order valence-electron chi connectivity index (χ1n) is 7.62. The molecule has 116 valence electrons. The van der Waals surface area contributed by atoms with Crippen LogP contribution in [0.2, 0.25) is 0 Å². The molecule has 0 aliphatic carbocycles. The van der Waals surface area contributed by atoms with Gasteiger partial charge >= 0.3 is 5.97 Å². The summed E-state index contributed by atoms with van der Waals surface area (Å²) < 4.78 is 0. The first-order valence-corrected chi connectivity index (χ1v) is 7.62. The Bertz CT molecular complexity index is 636. The predicted octanol–water partition coefficient (Wildman–Crippen LogP) is 4.57. The smallest absolute Gasteiger partial charge is 0.314 e. The Morgan fingerprint density at radius 2 is 1.36 bits per heavy atom. The van der Waals surface area contributed by atoms with E-state index in [9.17, 15) is 9.90 Å². The van der Waals surface area contributed by atoms with Gasteiger partial charge < -0.3 is 5.11 Å². The molecule has 0 radical (unpaired) electrons. The molecule has 2 aromatic carbocycles. The van der Waals surface area contributed by atoms with E-state index in [1.54, 1.807) is 6.92 Å². The molecule has 0 amide bonds. The van der Waals surface area contributed by atoms with Crippen LogP contribution in [0.4, 0.5) is 0 Å². The molecule has 0 aromatic heterocycles. The van der Waals surface area contributed by atoms with Crippen molar-refractivity contribution in [1.29, 1.82) is 0 Å². The molecule has 1 N–H and O–H groups in total. The van der Waals surface area contributed by atoms with E-state index in [-0.39, 0.29) is 5.41 Å². The van der Waals surface area contributed by atoms with E-state index in [1.165, 1.54) is 5.56 Å². The summed E-state index contributed by atoms with van der Waals surface area (Å²) in [6.45, 7) is 8.27. The number of hydrogen-bond acceptors (Lipinski definition) is 1. The number of hydrogen-bond donors (Lipinski definition) is 1. The van der Waals surface area contributed by atoms with Crippen LogP contribution < -0.4 is 0 Å². The first-order chi connectivity index (χ1) is 10.2. The van der Waals surface area contributed by atoms with Crippen molar-refractivity contribution in [1.82, 2.24) is 0 Å². The second-order valence-electron chi connectivity index (χ2n) is 7.13. The van der Waals surface area contributed by atoms with Crippen molar-refractivity contribution in [3.05, 3.63) is 71.3 Å². The lowest BCUT2D eigenvalue weighted by atomic mass is 9.76. The Morgan fingerprint density at radius 1 is 0.864 bits per heavy atom. The van der Waals surface area contributed by atoms with E-state index in [0.29, 0.717) is 6.42 Å². The molecule has 1 atom stereocenters. The highest BCUT2D eigenvalue weighted by Gasteiger charge is 2.35. The monoisotopic (exact) mass is 296 g/mol. The van der Waals surface area contributed by atoms with Crippen LogP contribution in [0, 0.1) is 0 Å². The van der Waals surface area contributed by atoms with Gasteiger partial charge in [0.05, 0.1) is 5.41 Å². The lowest BCUT2D eigenvalue weighted by molar-refractivity contribution is -0.143. The number of aliphatic carboxylic acids is 1. The minimum Gasteiger partial charge on any atom is -0.481 e. The molecule has 0 saturated heterocycles. The summed E-state index contributed by atoms with van der Waals surface area (Å²) >= 11 is 0. The Morgan fingerprint density at radius 3 is 1.82 bits per heavy atom. The van der Waals surface area contributed by atoms with Gasteiger partial charge in [-0.05, 0) is 35.4 Å². The number of carboxylic acids is 1. The van der Waals surface area contributed by atoms with E-state index in [4.69, 9.17) is 0 Å². The SMILES string of the molecule is CC(C)(C)c1ccc(C(C)(Cc2ccccc2)C(=O)O)cc1. The molecule has 0 aliphatic heterocycles. The van der Waals surface area contributed by atoms with E-state index in [0.717, 1.165) is 11.1 Å². The second kappa shape index (κ2) is 5.96. The molecule has 0 bridgehead atoms. The van der Waals surface area contributed by atoms with Gasteiger partial charge in [-0.2, -0.15) is 0 Å². The van der Waals surface area contributed by atoms with Gasteiger partial charge in [0.15, 0.2) is 0 Å². The Kier molecular flexibility index (Phi) is 4.41. The average Bonchev–Trinajstić information content (AvgIpc) is 2.47. The maximum absolute atomic E-state index is 11.9. The van der Waals surface area contributed by atoms with Crippen molar-refractivity contribution in [3.8, 4) is 0 Å². The van der Waals surface area contributed by atoms with Crippen molar-refractivity contribution in [2.24, 2.45) is 0 Å². The van der Waals surface area contributed by atoms with Crippen LogP contribution in [-0.4, -0.2) is 11.1 Å². The summed E-state index contributed by atoms with van der Waals surface area (Å²) in [5, 5.41) is 9.78. The van der Waals surface area contributed by atoms with Gasteiger partial charge in [-0.15, -0.1) is 0 Å². The molecular formula is C20H24O2. The standard InChI is InChI=1S/C20H24O2/c1-19(2,3)16-10-12-17(13-11-16)20(4,18(21)22)14-15-8-6-5-7-9-15/h5-13H,14H2,1-4H3,(H,21,22). The zero-order valence-electron chi connectivity index (χ0n) is 13.8. The van der Waals surface area contributed by atoms with E-state index in [2.05, 4.69) is 20.8 Å². The van der Waals surface area contributed by atoms with Crippen molar-refractivity contribution in [2.45, 2.75) is 44.9 Å². The fourth-order valence-electron chi connectivity index (χ4n) is 2.64. The van der Waals surface area contributed by atoms with Crippen LogP contribution in [0.25, 0.3) is 0 Å². The van der Waals surface area contributed by atoms with E-state index in [1.807, 2.05) is 54.6 Å². The van der Waals surface area contributed by atoms with Crippen molar-refractivity contribution in [2.75, 3.05) is 0 Å². The summed E-state index contributed by atoms with van der Waals surface area (Å²) in [5.41, 5.74) is 2.24. The van der Waals surface area contributed by atoms with Crippen LogP contribution in [0.3, 0.4) is 0 Å². The minimum atomic E-state index is -0.919. The Labute approximate surface area is 132 Å². The summed E-state index contributed by atoms with van der Waals surface area (Å²) in [4.78, 5) is 11.9. The van der Waals surface area contributed by atoms with Gasteiger partial charge in [0.1, 0.15) is 0 Å². The fourth-order valence-corrected chi connectivity index (χ4v) is 2.64. The normalized spacial score (nSPS) is 14.4. The van der Waals surface area contributed by atoms with Gasteiger partial charge in [-0.1, -0.05) is 75.4 Å². The third-order valence-corrected chi connectivity index (χ3v) is 4.26. The highest BCUT2D eigenvalue weighted by atomic mass is 16.4. The highest BCUT2D eigenvalue weighted by Crippen LogP contribution is 2.31. The fraction of sp³-hybridized carbons (Fsp3) is 0.350. The van der Waals surface area contributed by atoms with Gasteiger partial charge in [0.25, 0.3) is 0 Å². The zero-order chi connectivity index (χ0) is 16.4. The molecular weight excluding hydrogens is 272 g/mol. The van der Waals surface area contributed by atoms with Gasteiger partial charge in [-0.25, -0.2) is 0 Å². The highest BCUT2D eigenvalue weighted by molar-refractivity contribution is 5.81. The van der Waals surface area contributed by atoms with E-state index >= 15 is 0 Å². The Balaban J connectivity index is 2.37. The molecule has 2 rings (SSSR count). The summed E-state index contributed by atoms with van der Waals surface area (Å²) in [6, 6.07) is 17.8. The molecule has 2 heteroatoms. The largest absolute Gasteiger partial charge is 0.481 e. The molecule has 0 fully saturated rings. The molecule has 2 aromatic rings. The lowest BCUT2D eigenvalue weighted by Crippen LogP contribution is -2.35. The number of carbonyl (C=O) groups is 1. The molecule has 1 unspecified atom stereocenters. The summed E-state index contributed by atoms with van der Waals surface area (Å²) in [5.74, 6) is -0.792. The van der Waals surface area contributed by atoms with Crippen LogP contribution in [-0.2, 0) is 22.0 Å². The average molecular weight is 296 g/mol. The quantitative estimate of drug-likeness (QED) is 0.897. The molecule has 0 saturated carbocycles. The third-order valence-electron chi connectivity index (χ3n) is 4.26. The predicted molar refractivity (Wildman–Crippen MR) is 90.3 cm³/mol. The molecule has 0 heterocycles. The lowest BCUT2D eigenvalue weighted by Gasteiger charge is -2.27. The Hall–Kier alpha value is -2.09. The molecule has 2 nitrogen and oxygen atoms in total. The van der Waals surface area contributed by atoms with Crippen LogP contribution in [0.15, 0.2) is 54.6 Å².